The molecular weight excluding hydrogens is 450 g/mol. The van der Waals surface area contributed by atoms with Gasteiger partial charge in [0.25, 0.3) is 5.91 Å². The molecule has 0 unspecified atom stereocenters. The second-order valence-electron chi connectivity index (χ2n) is 6.40. The number of hydrogen-bond donors (Lipinski definition) is 1. The van der Waals surface area contributed by atoms with E-state index in [-0.39, 0.29) is 15.4 Å². The first-order valence-corrected chi connectivity index (χ1v) is 10.4. The van der Waals surface area contributed by atoms with Crippen LogP contribution in [0, 0.1) is 6.92 Å². The summed E-state index contributed by atoms with van der Waals surface area (Å²) in [4.78, 5) is 48.3. The van der Waals surface area contributed by atoms with Crippen LogP contribution in [0.15, 0.2) is 43.0 Å². The van der Waals surface area contributed by atoms with E-state index in [0.29, 0.717) is 17.9 Å². The van der Waals surface area contributed by atoms with E-state index in [0.717, 1.165) is 16.9 Å². The molecule has 0 aliphatic carbocycles. The number of methoxy groups -OCH3 is 2. The molecule has 2 rings (SSSR count). The molecule has 1 heterocycles. The van der Waals surface area contributed by atoms with Crippen LogP contribution in [-0.4, -0.2) is 51.2 Å². The van der Waals surface area contributed by atoms with Gasteiger partial charge in [0.2, 0.25) is 0 Å². The number of hydrogen-bond acceptors (Lipinski definition) is 9. The summed E-state index contributed by atoms with van der Waals surface area (Å²) in [5.41, 5.74) is 1.08. The highest BCUT2D eigenvalue weighted by Crippen LogP contribution is 2.34. The highest BCUT2D eigenvalue weighted by atomic mass is 32.1. The molecule has 9 nitrogen and oxygen atoms in total. The lowest BCUT2D eigenvalue weighted by Crippen LogP contribution is -2.21. The predicted molar refractivity (Wildman–Crippen MR) is 122 cm³/mol. The monoisotopic (exact) mass is 473 g/mol. The van der Waals surface area contributed by atoms with Crippen molar-refractivity contribution in [2.45, 2.75) is 6.92 Å². The molecule has 0 saturated carbocycles. The summed E-state index contributed by atoms with van der Waals surface area (Å²) in [5, 5.41) is 2.56. The molecule has 33 heavy (non-hydrogen) atoms. The average molecular weight is 474 g/mol. The first-order chi connectivity index (χ1) is 15.8. The van der Waals surface area contributed by atoms with Gasteiger partial charge in [-0.3, -0.25) is 4.79 Å². The number of rotatable bonds is 10. The van der Waals surface area contributed by atoms with Crippen molar-refractivity contribution in [2.24, 2.45) is 0 Å². The second kappa shape index (κ2) is 12.2. The van der Waals surface area contributed by atoms with Gasteiger partial charge in [-0.2, -0.15) is 0 Å². The van der Waals surface area contributed by atoms with E-state index in [2.05, 4.69) is 16.6 Å². The Morgan fingerprint density at radius 2 is 1.73 bits per heavy atom. The molecule has 1 aromatic heterocycles. The Labute approximate surface area is 194 Å². The number of benzene rings is 1. The van der Waals surface area contributed by atoms with Gasteiger partial charge in [-0.05, 0) is 36.3 Å². The number of thiophene rings is 1. The predicted octanol–water partition coefficient (Wildman–Crippen LogP) is 3.39. The maximum absolute atomic E-state index is 12.2. The SMILES string of the molecule is C=CCOc1ccc(/C=C/C(=O)OCC(=O)Nc2sc(C(=O)OC)c(C)c2C(=O)OC)cc1. The minimum absolute atomic E-state index is 0.0305. The topological polar surface area (TPSA) is 117 Å². The van der Waals surface area contributed by atoms with Gasteiger partial charge in [-0.1, -0.05) is 24.8 Å². The lowest BCUT2D eigenvalue weighted by Gasteiger charge is -2.06. The third-order valence-electron chi connectivity index (χ3n) is 4.17. The lowest BCUT2D eigenvalue weighted by atomic mass is 10.1. The highest BCUT2D eigenvalue weighted by molar-refractivity contribution is 7.18. The molecule has 2 aromatic rings. The quantitative estimate of drug-likeness (QED) is 0.242. The van der Waals surface area contributed by atoms with Gasteiger partial charge in [0.15, 0.2) is 6.61 Å². The molecule has 1 amide bonds. The first kappa shape index (κ1) is 25.3. The maximum Gasteiger partial charge on any atom is 0.348 e. The van der Waals surface area contributed by atoms with Gasteiger partial charge < -0.3 is 24.3 Å². The number of amides is 1. The van der Waals surface area contributed by atoms with E-state index in [4.69, 9.17) is 14.2 Å². The second-order valence-corrected chi connectivity index (χ2v) is 7.42. The van der Waals surface area contributed by atoms with Crippen molar-refractivity contribution in [3.05, 3.63) is 64.6 Å². The van der Waals surface area contributed by atoms with E-state index >= 15 is 0 Å². The summed E-state index contributed by atoms with van der Waals surface area (Å²) < 4.78 is 19.7. The summed E-state index contributed by atoms with van der Waals surface area (Å²) in [6.07, 6.45) is 4.34. The fourth-order valence-electron chi connectivity index (χ4n) is 2.58. The van der Waals surface area contributed by atoms with E-state index in [9.17, 15) is 19.2 Å². The molecule has 0 aliphatic heterocycles. The fraction of sp³-hybridized carbons (Fsp3) is 0.217. The van der Waals surface area contributed by atoms with Gasteiger partial charge in [0.1, 0.15) is 22.2 Å². The summed E-state index contributed by atoms with van der Waals surface area (Å²) in [6.45, 7) is 4.90. The standard InChI is InChI=1S/C23H23NO8S/c1-5-12-31-16-9-6-15(7-10-16)8-11-18(26)32-13-17(25)24-21-19(22(27)29-3)14(2)20(33-21)23(28)30-4/h5-11H,1,12-13H2,2-4H3,(H,24,25)/b11-8+. The lowest BCUT2D eigenvalue weighted by molar-refractivity contribution is -0.142. The van der Waals surface area contributed by atoms with Gasteiger partial charge in [0.05, 0.1) is 19.8 Å². The van der Waals surface area contributed by atoms with E-state index in [1.165, 1.54) is 33.3 Å². The smallest absolute Gasteiger partial charge is 0.348 e. The molecule has 0 bridgehead atoms. The van der Waals surface area contributed by atoms with Crippen molar-refractivity contribution in [3.63, 3.8) is 0 Å². The normalized spacial score (nSPS) is 10.4. The highest BCUT2D eigenvalue weighted by Gasteiger charge is 2.26. The van der Waals surface area contributed by atoms with Crippen LogP contribution in [0.25, 0.3) is 6.08 Å². The fourth-order valence-corrected chi connectivity index (χ4v) is 3.71. The van der Waals surface area contributed by atoms with Crippen molar-refractivity contribution in [3.8, 4) is 5.75 Å². The Bertz CT molecular complexity index is 1070. The van der Waals surface area contributed by atoms with Crippen LogP contribution < -0.4 is 10.1 Å². The van der Waals surface area contributed by atoms with Gasteiger partial charge in [0, 0.05) is 6.08 Å². The largest absolute Gasteiger partial charge is 0.490 e. The summed E-state index contributed by atoms with van der Waals surface area (Å²) in [7, 11) is 2.38. The number of carbonyl (C=O) groups excluding carboxylic acids is 4. The number of anilines is 1. The minimum atomic E-state index is -0.733. The molecule has 0 radical (unpaired) electrons. The average Bonchev–Trinajstić information content (AvgIpc) is 3.15. The van der Waals surface area contributed by atoms with Crippen LogP contribution >= 0.6 is 11.3 Å². The molecule has 0 saturated heterocycles. The Hall–Kier alpha value is -3.92. The van der Waals surface area contributed by atoms with Crippen LogP contribution in [0.2, 0.25) is 0 Å². The third kappa shape index (κ3) is 7.04. The Morgan fingerprint density at radius 3 is 2.33 bits per heavy atom. The maximum atomic E-state index is 12.2. The van der Waals surface area contributed by atoms with Crippen LogP contribution in [0.1, 0.15) is 31.2 Å². The molecule has 0 atom stereocenters. The zero-order valence-corrected chi connectivity index (χ0v) is 19.2. The Balaban J connectivity index is 1.97. The molecule has 10 heteroatoms. The number of esters is 3. The zero-order chi connectivity index (χ0) is 24.4. The summed E-state index contributed by atoms with van der Waals surface area (Å²) in [6, 6.07) is 6.99. The van der Waals surface area contributed by atoms with Crippen LogP contribution in [0.5, 0.6) is 5.75 Å². The van der Waals surface area contributed by atoms with Crippen LogP contribution in [-0.2, 0) is 23.8 Å². The molecule has 1 N–H and O–H groups in total. The Kier molecular flexibility index (Phi) is 9.37. The molecular formula is C23H23NO8S. The molecule has 1 aromatic carbocycles. The molecule has 0 aliphatic rings. The number of carbonyl (C=O) groups is 4. The van der Waals surface area contributed by atoms with Crippen molar-refractivity contribution in [2.75, 3.05) is 32.8 Å². The number of nitrogens with one attached hydrogen (secondary N) is 1. The molecule has 0 spiro atoms. The van der Waals surface area contributed by atoms with E-state index in [1.807, 2.05) is 0 Å². The molecule has 0 fully saturated rings. The van der Waals surface area contributed by atoms with Gasteiger partial charge in [-0.15, -0.1) is 11.3 Å². The zero-order valence-electron chi connectivity index (χ0n) is 18.3. The van der Waals surface area contributed by atoms with Crippen LogP contribution in [0.4, 0.5) is 5.00 Å². The van der Waals surface area contributed by atoms with Gasteiger partial charge in [-0.25, -0.2) is 14.4 Å². The first-order valence-electron chi connectivity index (χ1n) is 9.59. The summed E-state index contributed by atoms with van der Waals surface area (Å²) in [5.74, 6) is -2.14. The summed E-state index contributed by atoms with van der Waals surface area (Å²) >= 11 is 0.861. The Morgan fingerprint density at radius 1 is 1.06 bits per heavy atom. The van der Waals surface area contributed by atoms with Gasteiger partial charge >= 0.3 is 17.9 Å². The molecule has 174 valence electrons. The van der Waals surface area contributed by atoms with Crippen molar-refractivity contribution in [1.82, 2.24) is 0 Å². The van der Waals surface area contributed by atoms with Crippen molar-refractivity contribution >= 4 is 46.2 Å². The third-order valence-corrected chi connectivity index (χ3v) is 5.35. The van der Waals surface area contributed by atoms with Crippen LogP contribution in [0.3, 0.4) is 0 Å². The minimum Gasteiger partial charge on any atom is -0.490 e. The van der Waals surface area contributed by atoms with E-state index < -0.39 is 30.4 Å². The van der Waals surface area contributed by atoms with E-state index in [1.54, 1.807) is 30.3 Å². The van der Waals surface area contributed by atoms with Crippen molar-refractivity contribution in [1.29, 1.82) is 0 Å². The van der Waals surface area contributed by atoms with Crippen molar-refractivity contribution < 1.29 is 38.1 Å². The number of ether oxygens (including phenoxy) is 4.